The van der Waals surface area contributed by atoms with E-state index in [4.69, 9.17) is 25.8 Å². The fourth-order valence-corrected chi connectivity index (χ4v) is 6.16. The quantitative estimate of drug-likeness (QED) is 0.0859. The van der Waals surface area contributed by atoms with Crippen LogP contribution < -0.4 is 4.74 Å². The molecule has 0 radical (unpaired) electrons. The molecule has 7 heteroatoms. The minimum absolute atomic E-state index is 0.137. The molecule has 0 spiro atoms. The van der Waals surface area contributed by atoms with Crippen LogP contribution in [0.25, 0.3) is 0 Å². The van der Waals surface area contributed by atoms with Crippen molar-refractivity contribution in [3.05, 3.63) is 28.0 Å². The Labute approximate surface area is 300 Å². The molecule has 1 atom stereocenters. The van der Waals surface area contributed by atoms with Crippen molar-refractivity contribution < 1.29 is 23.4 Å². The zero-order valence-electron chi connectivity index (χ0n) is 32.5. The molecule has 1 rings (SSSR count). The highest BCUT2D eigenvalue weighted by Crippen LogP contribution is 2.42. The van der Waals surface area contributed by atoms with E-state index in [1.54, 1.807) is 6.07 Å². The van der Waals surface area contributed by atoms with Gasteiger partial charge in [-0.3, -0.25) is 0 Å². The number of amides is 1. The fourth-order valence-electron chi connectivity index (χ4n) is 5.92. The molecule has 0 fully saturated rings. The molecule has 48 heavy (non-hydrogen) atoms. The lowest BCUT2D eigenvalue weighted by Gasteiger charge is -2.39. The van der Waals surface area contributed by atoms with Crippen molar-refractivity contribution in [2.75, 3.05) is 39.5 Å². The van der Waals surface area contributed by atoms with Crippen molar-refractivity contribution in [1.82, 2.24) is 4.90 Å². The number of carbonyl (C=O) groups is 1. The number of rotatable bonds is 27. The van der Waals surface area contributed by atoms with E-state index in [-0.39, 0.29) is 17.0 Å². The monoisotopic (exact) mass is 698 g/mol. The lowest BCUT2D eigenvalue weighted by Crippen LogP contribution is -2.33. The molecular formula is C41H73ClFNO4. The molecule has 1 aromatic rings. The van der Waals surface area contributed by atoms with Gasteiger partial charge in [0.1, 0.15) is 11.6 Å². The number of halogens is 2. The number of unbranched alkanes of at least 4 members (excludes halogenated alkanes) is 9. The Balaban J connectivity index is 2.76. The van der Waals surface area contributed by atoms with Crippen molar-refractivity contribution in [1.29, 1.82) is 0 Å². The van der Waals surface area contributed by atoms with Gasteiger partial charge in [0, 0.05) is 31.2 Å². The number of ether oxygens (including phenoxy) is 3. The van der Waals surface area contributed by atoms with Crippen molar-refractivity contribution in [2.45, 2.75) is 171 Å². The average molecular weight is 698 g/mol. The van der Waals surface area contributed by atoms with Gasteiger partial charge in [-0.1, -0.05) is 125 Å². The highest BCUT2D eigenvalue weighted by molar-refractivity contribution is 6.31. The van der Waals surface area contributed by atoms with E-state index in [9.17, 15) is 4.79 Å². The Hall–Kier alpha value is -1.53. The van der Waals surface area contributed by atoms with Gasteiger partial charge in [0.05, 0.1) is 24.8 Å². The number of hydrogen-bond donors (Lipinski definition) is 0. The highest BCUT2D eigenvalue weighted by Gasteiger charge is 2.31. The van der Waals surface area contributed by atoms with Crippen LogP contribution >= 0.6 is 11.6 Å². The molecule has 0 N–H and O–H groups in total. The normalized spacial score (nSPS) is 12.7. The average Bonchev–Trinajstić information content (AvgIpc) is 3.03. The van der Waals surface area contributed by atoms with Crippen LogP contribution in [-0.2, 0) is 15.9 Å². The minimum atomic E-state index is -0.402. The summed E-state index contributed by atoms with van der Waals surface area (Å²) in [5.41, 5.74) is 2.17. The van der Waals surface area contributed by atoms with Gasteiger partial charge in [-0.15, -0.1) is 0 Å². The first-order valence-corrected chi connectivity index (χ1v) is 19.8. The third-order valence-electron chi connectivity index (χ3n) is 10.3. The first kappa shape index (κ1) is 44.5. The fraction of sp³-hybridized carbons (Fsp3) is 0.829. The minimum Gasteiger partial charge on any atom is -0.493 e. The molecular weight excluding hydrogens is 625 g/mol. The summed E-state index contributed by atoms with van der Waals surface area (Å²) in [5.74, 6) is 0.0276. The largest absolute Gasteiger partial charge is 0.493 e. The second kappa shape index (κ2) is 24.6. The van der Waals surface area contributed by atoms with Crippen LogP contribution in [0.1, 0.15) is 176 Å². The first-order chi connectivity index (χ1) is 22.8. The molecule has 1 aromatic carbocycles. The Morgan fingerprint density at radius 3 is 2.06 bits per heavy atom. The standard InChI is InChI=1S/C41H73ClFNO4/c1-10-14-27-44(39(45)48-30-15-11-2)28-23-21-25-34(36-37(43)35(42)31-33(12-3)38(36)47-13-4)32-46-29-24-20-18-16-17-19-22-26-41(8,9)40(5,6)7/h31,34H,10-30,32H2,1-9H3. The number of benzene rings is 1. The molecule has 0 aromatic heterocycles. The molecule has 1 unspecified atom stereocenters. The second-order valence-corrected chi connectivity index (χ2v) is 15.7. The van der Waals surface area contributed by atoms with Crippen molar-refractivity contribution in [3.8, 4) is 5.75 Å². The predicted octanol–water partition coefficient (Wildman–Crippen LogP) is 12.9. The Kier molecular flexibility index (Phi) is 22.8. The van der Waals surface area contributed by atoms with E-state index in [0.717, 1.165) is 63.4 Å². The summed E-state index contributed by atoms with van der Waals surface area (Å²) in [5, 5.41) is 0.137. The Bertz CT molecular complexity index is 1010. The summed E-state index contributed by atoms with van der Waals surface area (Å²) in [6.45, 7) is 23.3. The van der Waals surface area contributed by atoms with Gasteiger partial charge in [-0.05, 0) is 74.3 Å². The van der Waals surface area contributed by atoms with E-state index >= 15 is 4.39 Å². The summed E-state index contributed by atoms with van der Waals surface area (Å²) >= 11 is 6.43. The number of nitrogens with zero attached hydrogens (tertiary/aromatic N) is 1. The molecule has 0 heterocycles. The van der Waals surface area contributed by atoms with Gasteiger partial charge in [-0.25, -0.2) is 9.18 Å². The van der Waals surface area contributed by atoms with E-state index in [1.165, 1.54) is 38.5 Å². The van der Waals surface area contributed by atoms with E-state index < -0.39 is 5.82 Å². The zero-order chi connectivity index (χ0) is 36.0. The SMILES string of the molecule is CCCCOC(=O)N(CCCC)CCCCC(COCCCCCCCCCC(C)(C)C(C)(C)C)c1c(F)c(Cl)cc(CC)c1OCC. The maximum atomic E-state index is 15.8. The Morgan fingerprint density at radius 2 is 1.46 bits per heavy atom. The third-order valence-corrected chi connectivity index (χ3v) is 10.6. The summed E-state index contributed by atoms with van der Waals surface area (Å²) in [4.78, 5) is 14.6. The molecule has 0 aliphatic heterocycles. The first-order valence-electron chi connectivity index (χ1n) is 19.5. The zero-order valence-corrected chi connectivity index (χ0v) is 33.3. The van der Waals surface area contributed by atoms with Gasteiger partial charge in [-0.2, -0.15) is 0 Å². The van der Waals surface area contributed by atoms with Crippen molar-refractivity contribution in [3.63, 3.8) is 0 Å². The Morgan fingerprint density at radius 1 is 0.833 bits per heavy atom. The van der Waals surface area contributed by atoms with Crippen molar-refractivity contribution >= 4 is 17.7 Å². The number of hydrogen-bond acceptors (Lipinski definition) is 4. The highest BCUT2D eigenvalue weighted by atomic mass is 35.5. The third kappa shape index (κ3) is 16.5. The van der Waals surface area contributed by atoms with Crippen LogP contribution in [0.5, 0.6) is 5.75 Å². The lowest BCUT2D eigenvalue weighted by atomic mass is 9.67. The summed E-state index contributed by atoms with van der Waals surface area (Å²) in [6, 6.07) is 1.70. The van der Waals surface area contributed by atoms with Crippen LogP contribution in [0.4, 0.5) is 9.18 Å². The summed E-state index contributed by atoms with van der Waals surface area (Å²) < 4.78 is 33.6. The molecule has 0 bridgehead atoms. The van der Waals surface area contributed by atoms with E-state index in [1.807, 2.05) is 18.7 Å². The smallest absolute Gasteiger partial charge is 0.409 e. The molecule has 280 valence electrons. The maximum absolute atomic E-state index is 15.8. The molecule has 0 aliphatic carbocycles. The molecule has 1 amide bonds. The van der Waals surface area contributed by atoms with Gasteiger partial charge in [0.25, 0.3) is 0 Å². The van der Waals surface area contributed by atoms with E-state index in [2.05, 4.69) is 48.5 Å². The number of aryl methyl sites for hydroxylation is 1. The van der Waals surface area contributed by atoms with Gasteiger partial charge in [0.15, 0.2) is 0 Å². The van der Waals surface area contributed by atoms with Crippen LogP contribution in [-0.4, -0.2) is 50.5 Å². The van der Waals surface area contributed by atoms with Crippen LogP contribution in [0, 0.1) is 16.6 Å². The molecule has 0 saturated heterocycles. The molecule has 0 saturated carbocycles. The van der Waals surface area contributed by atoms with Crippen LogP contribution in [0.2, 0.25) is 5.02 Å². The van der Waals surface area contributed by atoms with Crippen molar-refractivity contribution in [2.24, 2.45) is 10.8 Å². The second-order valence-electron chi connectivity index (χ2n) is 15.3. The van der Waals surface area contributed by atoms with Gasteiger partial charge >= 0.3 is 6.09 Å². The summed E-state index contributed by atoms with van der Waals surface area (Å²) in [7, 11) is 0. The molecule has 0 aliphatic rings. The topological polar surface area (TPSA) is 48.0 Å². The number of carbonyl (C=O) groups excluding carboxylic acids is 1. The van der Waals surface area contributed by atoms with Gasteiger partial charge < -0.3 is 19.1 Å². The van der Waals surface area contributed by atoms with Crippen LogP contribution in [0.3, 0.4) is 0 Å². The maximum Gasteiger partial charge on any atom is 0.409 e. The summed E-state index contributed by atoms with van der Waals surface area (Å²) in [6.07, 6.45) is 16.5. The lowest BCUT2D eigenvalue weighted by molar-refractivity contribution is 0.0982. The predicted molar refractivity (Wildman–Crippen MR) is 202 cm³/mol. The molecule has 5 nitrogen and oxygen atoms in total. The van der Waals surface area contributed by atoms with Gasteiger partial charge in [0.2, 0.25) is 0 Å². The van der Waals surface area contributed by atoms with Crippen LogP contribution in [0.15, 0.2) is 6.07 Å². The van der Waals surface area contributed by atoms with E-state index in [0.29, 0.717) is 68.1 Å².